The van der Waals surface area contributed by atoms with Crippen molar-refractivity contribution in [1.29, 1.82) is 0 Å². The van der Waals surface area contributed by atoms with Crippen molar-refractivity contribution in [3.05, 3.63) is 0 Å². The molecule has 5 heteroatoms. The van der Waals surface area contributed by atoms with E-state index < -0.39 is 30.5 Å². The zero-order valence-corrected chi connectivity index (χ0v) is 6.79. The Hall–Kier alpha value is -0.200. The fourth-order valence-corrected chi connectivity index (χ4v) is 1.29. The molecule has 0 aromatic carbocycles. The van der Waals surface area contributed by atoms with Crippen molar-refractivity contribution in [1.82, 2.24) is 0 Å². The van der Waals surface area contributed by atoms with Gasteiger partial charge in [0.15, 0.2) is 6.29 Å². The minimum absolute atomic E-state index is 0.366. The summed E-state index contributed by atoms with van der Waals surface area (Å²) in [5.41, 5.74) is 0. The fourth-order valence-electron chi connectivity index (χ4n) is 1.29. The van der Waals surface area contributed by atoms with E-state index in [1.54, 1.807) is 6.92 Å². The Morgan fingerprint density at radius 3 is 2.25 bits per heavy atom. The molecule has 0 amide bonds. The maximum absolute atomic E-state index is 9.37. The van der Waals surface area contributed by atoms with Gasteiger partial charge in [-0.2, -0.15) is 0 Å². The molecule has 12 heavy (non-hydrogen) atoms. The molecule has 0 saturated carbocycles. The molecule has 1 aliphatic rings. The summed E-state index contributed by atoms with van der Waals surface area (Å²) < 4.78 is 4.74. The Kier molecular flexibility index (Phi) is 3.03. The second kappa shape index (κ2) is 3.68. The minimum atomic E-state index is -1.32. The van der Waals surface area contributed by atoms with Crippen LogP contribution in [0, 0.1) is 5.92 Å². The highest BCUT2D eigenvalue weighted by atomic mass is 16.6. The van der Waals surface area contributed by atoms with Crippen molar-refractivity contribution in [2.75, 3.05) is 6.61 Å². The maximum atomic E-state index is 9.37. The van der Waals surface area contributed by atoms with E-state index in [2.05, 4.69) is 0 Å². The normalized spacial score (nSPS) is 49.2. The fraction of sp³-hybridized carbons (Fsp3) is 1.00. The van der Waals surface area contributed by atoms with Crippen molar-refractivity contribution in [3.8, 4) is 0 Å². The Balaban J connectivity index is 2.63. The van der Waals surface area contributed by atoms with Crippen molar-refractivity contribution >= 4 is 0 Å². The van der Waals surface area contributed by atoms with Crippen LogP contribution in [0.15, 0.2) is 0 Å². The molecule has 72 valence electrons. The average Bonchev–Trinajstić information content (AvgIpc) is 2.08. The molecule has 1 saturated heterocycles. The quantitative estimate of drug-likeness (QED) is 0.375. The van der Waals surface area contributed by atoms with Crippen LogP contribution in [0.5, 0.6) is 0 Å². The van der Waals surface area contributed by atoms with Gasteiger partial charge in [-0.3, -0.25) is 0 Å². The van der Waals surface area contributed by atoms with E-state index in [0.29, 0.717) is 0 Å². The van der Waals surface area contributed by atoms with Gasteiger partial charge in [-0.05, 0) is 0 Å². The molecule has 5 nitrogen and oxygen atoms in total. The van der Waals surface area contributed by atoms with Gasteiger partial charge < -0.3 is 25.2 Å². The van der Waals surface area contributed by atoms with Crippen LogP contribution in [-0.4, -0.2) is 51.6 Å². The zero-order valence-electron chi connectivity index (χ0n) is 6.79. The first-order valence-electron chi connectivity index (χ1n) is 3.88. The second-order valence-electron chi connectivity index (χ2n) is 3.09. The Labute approximate surface area is 70.2 Å². The molecule has 1 aliphatic heterocycles. The van der Waals surface area contributed by atoms with Crippen LogP contribution in [0.2, 0.25) is 0 Å². The zero-order chi connectivity index (χ0) is 9.30. The van der Waals surface area contributed by atoms with E-state index in [1.165, 1.54) is 0 Å². The smallest absolute Gasteiger partial charge is 0.181 e. The summed E-state index contributed by atoms with van der Waals surface area (Å²) in [5, 5.41) is 36.4. The van der Waals surface area contributed by atoms with Crippen molar-refractivity contribution in [3.63, 3.8) is 0 Å². The first kappa shape index (κ1) is 9.88. The largest absolute Gasteiger partial charge is 0.394 e. The lowest BCUT2D eigenvalue weighted by Gasteiger charge is -2.38. The van der Waals surface area contributed by atoms with Crippen LogP contribution < -0.4 is 0 Å². The van der Waals surface area contributed by atoms with E-state index in [-0.39, 0.29) is 6.61 Å². The van der Waals surface area contributed by atoms with Crippen LogP contribution in [0.25, 0.3) is 0 Å². The average molecular weight is 178 g/mol. The van der Waals surface area contributed by atoms with Gasteiger partial charge in [0.1, 0.15) is 12.2 Å². The molecule has 1 rings (SSSR count). The van der Waals surface area contributed by atoms with E-state index in [9.17, 15) is 10.2 Å². The molecule has 4 N–H and O–H groups in total. The minimum Gasteiger partial charge on any atom is -0.394 e. The summed E-state index contributed by atoms with van der Waals surface area (Å²) in [7, 11) is 0. The molecule has 0 radical (unpaired) electrons. The molecule has 0 aliphatic carbocycles. The van der Waals surface area contributed by atoms with Crippen LogP contribution in [0.1, 0.15) is 6.92 Å². The highest BCUT2D eigenvalue weighted by molar-refractivity contribution is 4.85. The summed E-state index contributed by atoms with van der Waals surface area (Å²) >= 11 is 0. The number of rotatable bonds is 1. The summed E-state index contributed by atoms with van der Waals surface area (Å²) in [5.74, 6) is -0.495. The number of aliphatic hydroxyl groups is 4. The second-order valence-corrected chi connectivity index (χ2v) is 3.09. The molecule has 5 atom stereocenters. The Bertz CT molecular complexity index is 146. The van der Waals surface area contributed by atoms with Crippen LogP contribution in [0.4, 0.5) is 0 Å². The lowest BCUT2D eigenvalue weighted by Crippen LogP contribution is -2.54. The third-order valence-corrected chi connectivity index (χ3v) is 2.24. The predicted molar refractivity (Wildman–Crippen MR) is 39.1 cm³/mol. The molecule has 1 heterocycles. The first-order chi connectivity index (χ1) is 5.57. The monoisotopic (exact) mass is 178 g/mol. The van der Waals surface area contributed by atoms with E-state index in [0.717, 1.165) is 0 Å². The third kappa shape index (κ3) is 1.60. The Morgan fingerprint density at radius 2 is 1.75 bits per heavy atom. The van der Waals surface area contributed by atoms with Gasteiger partial charge in [0.05, 0.1) is 12.7 Å². The lowest BCUT2D eigenvalue weighted by atomic mass is 9.91. The summed E-state index contributed by atoms with van der Waals surface area (Å²) in [6.45, 7) is 1.22. The predicted octanol–water partition coefficient (Wildman–Crippen LogP) is -1.95. The molecule has 0 spiro atoms. The standard InChI is InChI=1S/C7H14O5/c1-3-5(9)4(2-8)12-7(11)6(3)10/h3-11H,2H2,1H3/t3?,4?,5-,6+,7+/m1/s1. The topological polar surface area (TPSA) is 90.2 Å². The maximum Gasteiger partial charge on any atom is 0.181 e. The van der Waals surface area contributed by atoms with E-state index in [1.807, 2.05) is 0 Å². The SMILES string of the molecule is CC1[C@@H](O)C(CO)O[C@H](O)[C@H]1O. The van der Waals surface area contributed by atoms with Crippen molar-refractivity contribution < 1.29 is 25.2 Å². The van der Waals surface area contributed by atoms with Crippen LogP contribution >= 0.6 is 0 Å². The van der Waals surface area contributed by atoms with Gasteiger partial charge in [0, 0.05) is 5.92 Å². The lowest BCUT2D eigenvalue weighted by molar-refractivity contribution is -0.271. The molecular formula is C7H14O5. The highest BCUT2D eigenvalue weighted by Gasteiger charge is 2.40. The van der Waals surface area contributed by atoms with Gasteiger partial charge in [-0.1, -0.05) is 6.92 Å². The molecule has 0 aromatic rings. The Morgan fingerprint density at radius 1 is 1.17 bits per heavy atom. The summed E-state index contributed by atoms with van der Waals surface area (Å²) in [6, 6.07) is 0. The van der Waals surface area contributed by atoms with Gasteiger partial charge in [-0.15, -0.1) is 0 Å². The number of aliphatic hydroxyl groups excluding tert-OH is 4. The third-order valence-electron chi connectivity index (χ3n) is 2.24. The van der Waals surface area contributed by atoms with E-state index >= 15 is 0 Å². The van der Waals surface area contributed by atoms with Crippen LogP contribution in [0.3, 0.4) is 0 Å². The van der Waals surface area contributed by atoms with Crippen molar-refractivity contribution in [2.45, 2.75) is 31.5 Å². The summed E-state index contributed by atoms with van der Waals surface area (Å²) in [6.07, 6.45) is -4.16. The molecular weight excluding hydrogens is 164 g/mol. The first-order valence-corrected chi connectivity index (χ1v) is 3.88. The van der Waals surface area contributed by atoms with Gasteiger partial charge in [0.25, 0.3) is 0 Å². The van der Waals surface area contributed by atoms with Gasteiger partial charge in [-0.25, -0.2) is 0 Å². The number of hydrogen-bond donors (Lipinski definition) is 4. The molecule has 0 bridgehead atoms. The molecule has 1 fully saturated rings. The van der Waals surface area contributed by atoms with Crippen LogP contribution in [-0.2, 0) is 4.74 Å². The summed E-state index contributed by atoms with van der Waals surface area (Å²) in [4.78, 5) is 0. The molecule has 0 aromatic heterocycles. The number of hydrogen-bond acceptors (Lipinski definition) is 5. The van der Waals surface area contributed by atoms with Gasteiger partial charge in [0.2, 0.25) is 0 Å². The van der Waals surface area contributed by atoms with Gasteiger partial charge >= 0.3 is 0 Å². The highest BCUT2D eigenvalue weighted by Crippen LogP contribution is 2.24. The molecule has 2 unspecified atom stereocenters. The van der Waals surface area contributed by atoms with E-state index in [4.69, 9.17) is 14.9 Å². The number of ether oxygens (including phenoxy) is 1. The van der Waals surface area contributed by atoms with Crippen molar-refractivity contribution in [2.24, 2.45) is 5.92 Å².